The first-order valence-electron chi connectivity index (χ1n) is 13.3. The lowest BCUT2D eigenvalue weighted by Gasteiger charge is -2.22. The Balaban J connectivity index is 1.22. The number of thioether (sulfide) groups is 1. The number of para-hydroxylation sites is 1. The van der Waals surface area contributed by atoms with Gasteiger partial charge in [-0.15, -0.1) is 18.3 Å². The third-order valence-electron chi connectivity index (χ3n) is 6.45. The first kappa shape index (κ1) is 30.0. The van der Waals surface area contributed by atoms with Gasteiger partial charge in [-0.2, -0.15) is 4.99 Å². The Bertz CT molecular complexity index is 1640. The Hall–Kier alpha value is -4.52. The summed E-state index contributed by atoms with van der Waals surface area (Å²) in [5.74, 6) is 1.05. The van der Waals surface area contributed by atoms with Crippen molar-refractivity contribution in [3.05, 3.63) is 90.3 Å². The zero-order chi connectivity index (χ0) is 30.6. The molecule has 1 saturated heterocycles. The molecule has 1 fully saturated rings. The molecular formula is C30H26F4N6O2S. The summed E-state index contributed by atoms with van der Waals surface area (Å²) in [6.45, 7) is 4.92. The van der Waals surface area contributed by atoms with Gasteiger partial charge in [0.2, 0.25) is 0 Å². The van der Waals surface area contributed by atoms with Crippen molar-refractivity contribution >= 4 is 34.9 Å². The van der Waals surface area contributed by atoms with Gasteiger partial charge >= 0.3 is 12.4 Å². The molecule has 8 nitrogen and oxygen atoms in total. The van der Waals surface area contributed by atoms with Gasteiger partial charge in [0, 0.05) is 29.8 Å². The van der Waals surface area contributed by atoms with Crippen LogP contribution in [0.1, 0.15) is 37.1 Å². The highest BCUT2D eigenvalue weighted by Gasteiger charge is 2.31. The minimum atomic E-state index is -4.78. The van der Waals surface area contributed by atoms with Gasteiger partial charge < -0.3 is 9.64 Å². The molecule has 3 aromatic carbocycles. The lowest BCUT2D eigenvalue weighted by molar-refractivity contribution is -0.274. The van der Waals surface area contributed by atoms with Crippen LogP contribution in [0, 0.1) is 0 Å². The van der Waals surface area contributed by atoms with E-state index in [0.29, 0.717) is 34.7 Å². The summed E-state index contributed by atoms with van der Waals surface area (Å²) < 4.78 is 57.3. The van der Waals surface area contributed by atoms with E-state index in [1.165, 1.54) is 59.2 Å². The van der Waals surface area contributed by atoms with Crippen LogP contribution in [0.15, 0.2) is 89.1 Å². The maximum Gasteiger partial charge on any atom is 0.573 e. The van der Waals surface area contributed by atoms with Gasteiger partial charge in [-0.05, 0) is 47.4 Å². The number of carbonyl (C=O) groups excluding carboxylic acids is 1. The van der Waals surface area contributed by atoms with Crippen molar-refractivity contribution in [3.8, 4) is 22.8 Å². The molecule has 1 unspecified atom stereocenters. The predicted octanol–water partition coefficient (Wildman–Crippen LogP) is 7.77. The zero-order valence-corrected chi connectivity index (χ0v) is 23.9. The zero-order valence-electron chi connectivity index (χ0n) is 23.1. The lowest BCUT2D eigenvalue weighted by Crippen LogP contribution is -2.25. The number of rotatable bonds is 7. The molecule has 0 bridgehead atoms. The third-order valence-corrected chi connectivity index (χ3v) is 7.40. The molecule has 2 heterocycles. The quantitative estimate of drug-likeness (QED) is 0.157. The molecule has 1 aliphatic rings. The van der Waals surface area contributed by atoms with Crippen LogP contribution in [0.4, 0.5) is 28.0 Å². The smallest absolute Gasteiger partial charge is 0.406 e. The van der Waals surface area contributed by atoms with Crippen LogP contribution in [0.25, 0.3) is 17.1 Å². The van der Waals surface area contributed by atoms with Crippen molar-refractivity contribution in [2.24, 2.45) is 9.98 Å². The fourth-order valence-corrected chi connectivity index (χ4v) is 5.35. The van der Waals surface area contributed by atoms with E-state index >= 15 is 0 Å². The van der Waals surface area contributed by atoms with E-state index in [9.17, 15) is 22.4 Å². The molecule has 5 rings (SSSR count). The van der Waals surface area contributed by atoms with Gasteiger partial charge in [-0.1, -0.05) is 68.1 Å². The largest absolute Gasteiger partial charge is 0.573 e. The number of aromatic nitrogens is 3. The number of nitrogens with zero attached hydrogens (tertiary/aromatic N) is 6. The molecule has 222 valence electrons. The van der Waals surface area contributed by atoms with Crippen LogP contribution in [0.5, 0.6) is 5.75 Å². The normalized spacial score (nSPS) is 15.5. The SMILES string of the molecule is CC(C)c1ccccc1N1CCSC1=NC(=O)N=CC(F)c1ccc(-c2ncn(-c3ccc(OC(F)(F)F)cc3)n2)cc1. The summed E-state index contributed by atoms with van der Waals surface area (Å²) in [6, 6.07) is 18.7. The Labute approximate surface area is 249 Å². The Kier molecular flexibility index (Phi) is 8.90. The maximum absolute atomic E-state index is 14.9. The van der Waals surface area contributed by atoms with Crippen molar-refractivity contribution in [1.29, 1.82) is 0 Å². The van der Waals surface area contributed by atoms with Crippen LogP contribution in [-0.2, 0) is 0 Å². The predicted molar refractivity (Wildman–Crippen MR) is 159 cm³/mol. The van der Waals surface area contributed by atoms with Gasteiger partial charge in [0.05, 0.1) is 5.69 Å². The van der Waals surface area contributed by atoms with Crippen molar-refractivity contribution in [3.63, 3.8) is 0 Å². The van der Waals surface area contributed by atoms with E-state index in [1.54, 1.807) is 12.1 Å². The van der Waals surface area contributed by atoms with Crippen molar-refractivity contribution < 1.29 is 27.1 Å². The van der Waals surface area contributed by atoms with Gasteiger partial charge in [0.15, 0.2) is 17.2 Å². The topological polar surface area (TPSA) is 85.0 Å². The maximum atomic E-state index is 14.9. The summed E-state index contributed by atoms with van der Waals surface area (Å²) in [5.41, 5.74) is 3.48. The highest BCUT2D eigenvalue weighted by Crippen LogP contribution is 2.32. The molecule has 1 atom stereocenters. The fourth-order valence-electron chi connectivity index (χ4n) is 4.40. The summed E-state index contributed by atoms with van der Waals surface area (Å²) in [7, 11) is 0. The van der Waals surface area contributed by atoms with Crippen molar-refractivity contribution in [2.45, 2.75) is 32.3 Å². The number of carbonyl (C=O) groups is 1. The molecule has 1 aliphatic heterocycles. The van der Waals surface area contributed by atoms with Crippen LogP contribution >= 0.6 is 11.8 Å². The van der Waals surface area contributed by atoms with Crippen LogP contribution < -0.4 is 9.64 Å². The average molecular weight is 611 g/mol. The Morgan fingerprint density at radius 2 is 1.77 bits per heavy atom. The second-order valence-corrected chi connectivity index (χ2v) is 10.8. The number of aliphatic imine (C=N–C) groups is 2. The number of benzene rings is 3. The van der Waals surface area contributed by atoms with Gasteiger partial charge in [-0.3, -0.25) is 0 Å². The highest BCUT2D eigenvalue weighted by molar-refractivity contribution is 8.14. The summed E-state index contributed by atoms with van der Waals surface area (Å²) in [4.78, 5) is 26.6. The van der Waals surface area contributed by atoms with E-state index in [4.69, 9.17) is 0 Å². The van der Waals surface area contributed by atoms with Crippen molar-refractivity contribution in [1.82, 2.24) is 14.8 Å². The highest BCUT2D eigenvalue weighted by atomic mass is 32.2. The van der Waals surface area contributed by atoms with E-state index in [2.05, 4.69) is 44.7 Å². The Morgan fingerprint density at radius 3 is 2.47 bits per heavy atom. The van der Waals surface area contributed by atoms with Gasteiger partial charge in [0.25, 0.3) is 0 Å². The number of hydrogen-bond donors (Lipinski definition) is 0. The Morgan fingerprint density at radius 1 is 1.05 bits per heavy atom. The number of amidine groups is 1. The number of alkyl halides is 4. The van der Waals surface area contributed by atoms with Gasteiger partial charge in [0.1, 0.15) is 12.1 Å². The molecule has 0 spiro atoms. The first-order chi connectivity index (χ1) is 20.6. The van der Waals surface area contributed by atoms with Crippen LogP contribution in [-0.4, -0.2) is 50.8 Å². The molecule has 1 aromatic heterocycles. The average Bonchev–Trinajstić information content (AvgIpc) is 3.66. The second kappa shape index (κ2) is 12.8. The van der Waals surface area contributed by atoms with Gasteiger partial charge in [-0.25, -0.2) is 23.8 Å². The van der Waals surface area contributed by atoms with E-state index in [0.717, 1.165) is 23.2 Å². The lowest BCUT2D eigenvalue weighted by atomic mass is 10.0. The molecule has 13 heteroatoms. The molecule has 43 heavy (non-hydrogen) atoms. The number of ether oxygens (including phenoxy) is 1. The summed E-state index contributed by atoms with van der Waals surface area (Å²) in [6.07, 6.45) is -4.09. The number of urea groups is 1. The number of halogens is 4. The molecule has 0 radical (unpaired) electrons. The fraction of sp³-hybridized carbons (Fsp3) is 0.233. The number of anilines is 1. The number of amides is 2. The minimum absolute atomic E-state index is 0.273. The molecular weight excluding hydrogens is 584 g/mol. The standard InChI is InChI=1S/C30H26F4N6O2S/c1-19(2)24-5-3-4-6-26(24)39-15-16-43-29(39)37-28(41)35-17-25(31)20-7-9-21(10-8-20)27-36-18-40(38-27)22-11-13-23(14-12-22)42-30(32,33)34/h3-14,17-19,25H,15-16H2,1-2H3. The van der Waals surface area contributed by atoms with E-state index < -0.39 is 18.6 Å². The molecule has 0 aliphatic carbocycles. The second-order valence-electron chi connectivity index (χ2n) is 9.75. The molecule has 2 amide bonds. The molecule has 0 saturated carbocycles. The van der Waals surface area contributed by atoms with E-state index in [1.807, 2.05) is 23.1 Å². The summed E-state index contributed by atoms with van der Waals surface area (Å²) >= 11 is 1.45. The van der Waals surface area contributed by atoms with E-state index in [-0.39, 0.29) is 11.3 Å². The van der Waals surface area contributed by atoms with Crippen LogP contribution in [0.3, 0.4) is 0 Å². The third kappa shape index (κ3) is 7.47. The molecule has 4 aromatic rings. The van der Waals surface area contributed by atoms with Crippen molar-refractivity contribution in [2.75, 3.05) is 17.2 Å². The summed E-state index contributed by atoms with van der Waals surface area (Å²) in [5, 5.41) is 4.87. The van der Waals surface area contributed by atoms with Crippen LogP contribution in [0.2, 0.25) is 0 Å². The first-order valence-corrected chi connectivity index (χ1v) is 14.2. The number of hydrogen-bond acceptors (Lipinski definition) is 5. The molecule has 0 N–H and O–H groups in total. The monoisotopic (exact) mass is 610 g/mol. The minimum Gasteiger partial charge on any atom is -0.406 e.